The van der Waals surface area contributed by atoms with Crippen molar-refractivity contribution < 1.29 is 19.6 Å². The summed E-state index contributed by atoms with van der Waals surface area (Å²) in [5.41, 5.74) is 6.33. The maximum atomic E-state index is 11.3. The fraction of sp³-hybridized carbons (Fsp3) is 0.200. The van der Waals surface area contributed by atoms with Crippen LogP contribution in [0.2, 0.25) is 0 Å². The Morgan fingerprint density at radius 2 is 2.00 bits per heavy atom. The second-order valence-corrected chi connectivity index (χ2v) is 2.67. The number of hydrazine groups is 1. The van der Waals surface area contributed by atoms with E-state index in [4.69, 9.17) is 9.91 Å². The maximum absolute atomic E-state index is 11.3. The summed E-state index contributed by atoms with van der Waals surface area (Å²) < 4.78 is 7.50. The SMILES string of the molecule is CNNC(=O)c1ccc(COO)cc1.[C-]#[O+]. The number of rotatable bonds is 4. The third-order valence-corrected chi connectivity index (χ3v) is 1.69. The van der Waals surface area contributed by atoms with E-state index in [1.165, 1.54) is 0 Å². The van der Waals surface area contributed by atoms with Crippen LogP contribution in [0.15, 0.2) is 24.3 Å². The molecule has 6 nitrogen and oxygen atoms in total. The Labute approximate surface area is 92.8 Å². The van der Waals surface area contributed by atoms with Crippen LogP contribution >= 0.6 is 0 Å². The zero-order chi connectivity index (χ0) is 12.4. The van der Waals surface area contributed by atoms with E-state index in [0.29, 0.717) is 5.56 Å². The Morgan fingerprint density at radius 3 is 2.44 bits per heavy atom. The predicted molar refractivity (Wildman–Crippen MR) is 54.3 cm³/mol. The molecule has 0 fully saturated rings. The van der Waals surface area contributed by atoms with Crippen LogP contribution in [0.1, 0.15) is 15.9 Å². The van der Waals surface area contributed by atoms with Gasteiger partial charge in [-0.15, -0.1) is 0 Å². The van der Waals surface area contributed by atoms with Crippen molar-refractivity contribution in [1.29, 1.82) is 0 Å². The molecular weight excluding hydrogens is 212 g/mol. The summed E-state index contributed by atoms with van der Waals surface area (Å²) in [5.74, 6) is -0.205. The Morgan fingerprint density at radius 1 is 1.44 bits per heavy atom. The van der Waals surface area contributed by atoms with Crippen molar-refractivity contribution in [3.05, 3.63) is 42.0 Å². The van der Waals surface area contributed by atoms with E-state index < -0.39 is 0 Å². The van der Waals surface area contributed by atoms with E-state index in [0.717, 1.165) is 5.56 Å². The summed E-state index contributed by atoms with van der Waals surface area (Å²) in [4.78, 5) is 15.2. The molecule has 1 rings (SSSR count). The first kappa shape index (κ1) is 14.3. The molecule has 0 aliphatic rings. The molecule has 0 aliphatic heterocycles. The molecule has 0 bridgehead atoms. The van der Waals surface area contributed by atoms with Gasteiger partial charge in [-0.3, -0.25) is 15.5 Å². The Hall–Kier alpha value is -1.69. The van der Waals surface area contributed by atoms with E-state index in [1.807, 2.05) is 0 Å². The van der Waals surface area contributed by atoms with Crippen molar-refractivity contribution in [2.24, 2.45) is 0 Å². The van der Waals surface area contributed by atoms with Crippen LogP contribution in [0.4, 0.5) is 0 Å². The van der Waals surface area contributed by atoms with E-state index in [-0.39, 0.29) is 12.5 Å². The summed E-state index contributed by atoms with van der Waals surface area (Å²) in [6.07, 6.45) is 0. The summed E-state index contributed by atoms with van der Waals surface area (Å²) in [7, 11) is 1.62. The third-order valence-electron chi connectivity index (χ3n) is 1.69. The van der Waals surface area contributed by atoms with Crippen LogP contribution in [0.3, 0.4) is 0 Å². The monoisotopic (exact) mass is 224 g/mol. The Bertz CT molecular complexity index is 334. The zero-order valence-electron chi connectivity index (χ0n) is 8.69. The number of carbonyl (C=O) groups is 1. The van der Waals surface area contributed by atoms with E-state index in [2.05, 4.69) is 22.4 Å². The molecule has 1 amide bonds. The van der Waals surface area contributed by atoms with Crippen molar-refractivity contribution in [2.45, 2.75) is 6.61 Å². The first-order valence-corrected chi connectivity index (χ1v) is 4.30. The van der Waals surface area contributed by atoms with E-state index in [1.54, 1.807) is 31.3 Å². The molecule has 0 heterocycles. The van der Waals surface area contributed by atoms with Gasteiger partial charge in [0.1, 0.15) is 6.61 Å². The third kappa shape index (κ3) is 4.70. The minimum absolute atomic E-state index is 0.119. The summed E-state index contributed by atoms with van der Waals surface area (Å²) in [5, 5.41) is 8.19. The van der Waals surface area contributed by atoms with Gasteiger partial charge in [-0.05, 0) is 17.7 Å². The quantitative estimate of drug-likeness (QED) is 0.300. The van der Waals surface area contributed by atoms with Gasteiger partial charge in [0.25, 0.3) is 5.91 Å². The number of amides is 1. The molecule has 6 heteroatoms. The summed E-state index contributed by atoms with van der Waals surface area (Å²) in [6, 6.07) is 6.73. The molecule has 0 spiro atoms. The number of hydrogen-bond acceptors (Lipinski definition) is 4. The number of nitrogens with one attached hydrogen (secondary N) is 2. The van der Waals surface area contributed by atoms with Crippen molar-refractivity contribution in [3.8, 4) is 0 Å². The normalized spacial score (nSPS) is 8.75. The van der Waals surface area contributed by atoms with Crippen LogP contribution in [0.5, 0.6) is 0 Å². The molecule has 0 radical (unpaired) electrons. The molecule has 0 aliphatic carbocycles. The van der Waals surface area contributed by atoms with Gasteiger partial charge in [0.05, 0.1) is 0 Å². The topological polar surface area (TPSA) is 90.5 Å². The van der Waals surface area contributed by atoms with Gasteiger partial charge in [0, 0.05) is 12.6 Å². The molecule has 86 valence electrons. The fourth-order valence-corrected chi connectivity index (χ4v) is 1.01. The van der Waals surface area contributed by atoms with Crippen molar-refractivity contribution in [3.63, 3.8) is 0 Å². The molecule has 16 heavy (non-hydrogen) atoms. The average molecular weight is 224 g/mol. The van der Waals surface area contributed by atoms with Gasteiger partial charge >= 0.3 is 11.3 Å². The van der Waals surface area contributed by atoms with Crippen LogP contribution in [-0.2, 0) is 16.1 Å². The van der Waals surface area contributed by atoms with Crippen molar-refractivity contribution in [2.75, 3.05) is 7.05 Å². The first-order chi connectivity index (χ1) is 7.77. The Balaban J connectivity index is 0.00000106. The Kier molecular flexibility index (Phi) is 7.70. The van der Waals surface area contributed by atoms with Gasteiger partial charge in [0.15, 0.2) is 0 Å². The van der Waals surface area contributed by atoms with Gasteiger partial charge in [-0.25, -0.2) is 10.3 Å². The number of hydrogen-bond donors (Lipinski definition) is 3. The fourth-order valence-electron chi connectivity index (χ4n) is 1.01. The van der Waals surface area contributed by atoms with Crippen molar-refractivity contribution >= 4 is 5.91 Å². The number of benzene rings is 1. The van der Waals surface area contributed by atoms with Gasteiger partial charge in [0.2, 0.25) is 0 Å². The van der Waals surface area contributed by atoms with Gasteiger partial charge < -0.3 is 0 Å². The molecular formula is C10H12N2O4. The number of carbonyl (C=O) groups excluding carboxylic acids is 1. The molecule has 0 saturated heterocycles. The molecule has 1 aromatic rings. The molecule has 0 atom stereocenters. The zero-order valence-corrected chi connectivity index (χ0v) is 8.69. The van der Waals surface area contributed by atoms with Crippen molar-refractivity contribution in [1.82, 2.24) is 10.9 Å². The summed E-state index contributed by atoms with van der Waals surface area (Å²) >= 11 is 0. The van der Waals surface area contributed by atoms with Gasteiger partial charge in [-0.2, -0.15) is 0 Å². The predicted octanol–water partition coefficient (Wildman–Crippen LogP) is 0.503. The first-order valence-electron chi connectivity index (χ1n) is 4.30. The molecule has 3 N–H and O–H groups in total. The second-order valence-electron chi connectivity index (χ2n) is 2.67. The average Bonchev–Trinajstić information content (AvgIpc) is 2.33. The van der Waals surface area contributed by atoms with Crippen LogP contribution in [0.25, 0.3) is 0 Å². The van der Waals surface area contributed by atoms with Crippen LogP contribution < -0.4 is 10.9 Å². The molecule has 0 unspecified atom stereocenters. The standard InChI is InChI=1S/C9H12N2O3.CO/c1-10-11-9(12)8-4-2-7(3-5-8)6-14-13;1-2/h2-5,10,13H,6H2,1H3,(H,11,12);. The molecule has 0 saturated carbocycles. The van der Waals surface area contributed by atoms with Crippen LogP contribution in [-0.4, -0.2) is 18.2 Å². The molecule has 1 aromatic carbocycles. The second kappa shape index (κ2) is 8.60. The molecule has 0 aromatic heterocycles. The van der Waals surface area contributed by atoms with E-state index in [9.17, 15) is 4.79 Å². The van der Waals surface area contributed by atoms with Crippen LogP contribution in [0, 0.1) is 6.65 Å². The minimum atomic E-state index is -0.205. The van der Waals surface area contributed by atoms with E-state index >= 15 is 0 Å². The van der Waals surface area contributed by atoms with Gasteiger partial charge in [-0.1, -0.05) is 12.1 Å². The summed E-state index contributed by atoms with van der Waals surface area (Å²) in [6.45, 7) is 4.62.